The Hall–Kier alpha value is -3.06. The SMILES string of the molecule is CCOC(=O)Oc1ccc(C(=O)NCC2CCN(C(=O)Cc3ccc(Cl)cc3)CC2)cc1. The van der Waals surface area contributed by atoms with Gasteiger partial charge in [-0.1, -0.05) is 23.7 Å². The molecule has 0 spiro atoms. The summed E-state index contributed by atoms with van der Waals surface area (Å²) in [6.45, 7) is 3.85. The number of piperidine rings is 1. The van der Waals surface area contributed by atoms with Gasteiger partial charge in [0.25, 0.3) is 5.91 Å². The molecule has 7 nitrogen and oxygen atoms in total. The lowest BCUT2D eigenvalue weighted by Gasteiger charge is -2.32. The molecule has 0 aromatic heterocycles. The van der Waals surface area contributed by atoms with Crippen LogP contribution in [0.1, 0.15) is 35.7 Å². The number of carbonyl (C=O) groups excluding carboxylic acids is 3. The summed E-state index contributed by atoms with van der Waals surface area (Å²) < 4.78 is 9.70. The molecule has 0 bridgehead atoms. The monoisotopic (exact) mass is 458 g/mol. The molecule has 1 N–H and O–H groups in total. The molecule has 32 heavy (non-hydrogen) atoms. The molecule has 2 amide bonds. The fraction of sp³-hybridized carbons (Fsp3) is 0.375. The third-order valence-corrected chi connectivity index (χ3v) is 5.62. The molecule has 1 aliphatic heterocycles. The maximum absolute atomic E-state index is 12.5. The summed E-state index contributed by atoms with van der Waals surface area (Å²) in [5, 5.41) is 3.61. The number of nitrogens with zero attached hydrogens (tertiary/aromatic N) is 1. The second-order valence-corrected chi connectivity index (χ2v) is 8.08. The van der Waals surface area contributed by atoms with E-state index in [0.717, 1.165) is 18.4 Å². The van der Waals surface area contributed by atoms with Gasteiger partial charge < -0.3 is 19.7 Å². The maximum atomic E-state index is 12.5. The fourth-order valence-electron chi connectivity index (χ4n) is 3.53. The van der Waals surface area contributed by atoms with Gasteiger partial charge in [-0.15, -0.1) is 0 Å². The van der Waals surface area contributed by atoms with Gasteiger partial charge in [0.05, 0.1) is 13.0 Å². The molecule has 1 heterocycles. The first-order chi connectivity index (χ1) is 15.4. The van der Waals surface area contributed by atoms with E-state index in [1.807, 2.05) is 17.0 Å². The second kappa shape index (κ2) is 11.5. The van der Waals surface area contributed by atoms with Crippen molar-refractivity contribution in [1.29, 1.82) is 0 Å². The first-order valence-electron chi connectivity index (χ1n) is 10.7. The van der Waals surface area contributed by atoms with E-state index >= 15 is 0 Å². The first-order valence-corrected chi connectivity index (χ1v) is 11.1. The van der Waals surface area contributed by atoms with Crippen LogP contribution < -0.4 is 10.1 Å². The van der Waals surface area contributed by atoms with Gasteiger partial charge >= 0.3 is 6.16 Å². The number of likely N-dealkylation sites (tertiary alicyclic amines) is 1. The molecule has 0 aliphatic carbocycles. The van der Waals surface area contributed by atoms with Crippen LogP contribution in [-0.2, 0) is 16.0 Å². The van der Waals surface area contributed by atoms with Crippen molar-refractivity contribution >= 4 is 29.6 Å². The number of ether oxygens (including phenoxy) is 2. The summed E-state index contributed by atoms with van der Waals surface area (Å²) in [6.07, 6.45) is 1.29. The lowest BCUT2D eigenvalue weighted by Crippen LogP contribution is -2.42. The predicted molar refractivity (Wildman–Crippen MR) is 121 cm³/mol. The van der Waals surface area contributed by atoms with Crippen LogP contribution in [0.25, 0.3) is 0 Å². The van der Waals surface area contributed by atoms with Crippen LogP contribution in [0.4, 0.5) is 4.79 Å². The van der Waals surface area contributed by atoms with Crippen molar-refractivity contribution in [3.8, 4) is 5.75 Å². The first kappa shape index (κ1) is 23.6. The van der Waals surface area contributed by atoms with Gasteiger partial charge in [-0.05, 0) is 67.6 Å². The molecule has 1 saturated heterocycles. The minimum absolute atomic E-state index is 0.111. The number of halogens is 1. The van der Waals surface area contributed by atoms with E-state index in [0.29, 0.717) is 48.3 Å². The number of nitrogens with one attached hydrogen (secondary N) is 1. The van der Waals surface area contributed by atoms with E-state index in [2.05, 4.69) is 5.32 Å². The van der Waals surface area contributed by atoms with E-state index in [1.165, 1.54) is 0 Å². The van der Waals surface area contributed by atoms with Crippen LogP contribution in [-0.4, -0.2) is 49.1 Å². The van der Waals surface area contributed by atoms with Crippen LogP contribution in [0.5, 0.6) is 5.75 Å². The standard InChI is InChI=1S/C24H27ClN2O5/c1-2-31-24(30)32-21-9-5-19(6-10-21)23(29)26-16-18-11-13-27(14-12-18)22(28)15-17-3-7-20(25)8-4-17/h3-10,18H,2,11-16H2,1H3,(H,26,29). The highest BCUT2D eigenvalue weighted by Gasteiger charge is 2.23. The highest BCUT2D eigenvalue weighted by atomic mass is 35.5. The molecule has 2 aromatic carbocycles. The van der Waals surface area contributed by atoms with Crippen LogP contribution in [0.3, 0.4) is 0 Å². The summed E-state index contributed by atoms with van der Waals surface area (Å²) in [5.74, 6) is 0.564. The number of amides is 2. The van der Waals surface area contributed by atoms with E-state index in [9.17, 15) is 14.4 Å². The summed E-state index contributed by atoms with van der Waals surface area (Å²) in [4.78, 5) is 38.1. The number of hydrogen-bond acceptors (Lipinski definition) is 5. The third-order valence-electron chi connectivity index (χ3n) is 5.37. The summed E-state index contributed by atoms with van der Waals surface area (Å²) in [7, 11) is 0. The van der Waals surface area contributed by atoms with Crippen molar-refractivity contribution < 1.29 is 23.9 Å². The van der Waals surface area contributed by atoms with Crippen molar-refractivity contribution in [1.82, 2.24) is 10.2 Å². The Balaban J connectivity index is 1.39. The number of carbonyl (C=O) groups is 3. The van der Waals surface area contributed by atoms with Gasteiger partial charge in [0.1, 0.15) is 5.75 Å². The molecule has 1 fully saturated rings. The minimum Gasteiger partial charge on any atom is -0.434 e. The van der Waals surface area contributed by atoms with Crippen molar-refractivity contribution in [3.63, 3.8) is 0 Å². The highest BCUT2D eigenvalue weighted by Crippen LogP contribution is 2.19. The van der Waals surface area contributed by atoms with Crippen LogP contribution in [0.2, 0.25) is 5.02 Å². The number of hydrogen-bond donors (Lipinski definition) is 1. The molecule has 0 radical (unpaired) electrons. The lowest BCUT2D eigenvalue weighted by molar-refractivity contribution is -0.131. The quantitative estimate of drug-likeness (QED) is 0.499. The maximum Gasteiger partial charge on any atom is 0.513 e. The molecular weight excluding hydrogens is 432 g/mol. The number of rotatable bonds is 7. The summed E-state index contributed by atoms with van der Waals surface area (Å²) >= 11 is 5.89. The average molecular weight is 459 g/mol. The lowest BCUT2D eigenvalue weighted by atomic mass is 9.96. The van der Waals surface area contributed by atoms with Crippen LogP contribution in [0, 0.1) is 5.92 Å². The molecule has 8 heteroatoms. The summed E-state index contributed by atoms with van der Waals surface area (Å²) in [5.41, 5.74) is 1.43. The zero-order chi connectivity index (χ0) is 22.9. The number of benzene rings is 2. The van der Waals surface area contributed by atoms with Crippen LogP contribution in [0.15, 0.2) is 48.5 Å². The highest BCUT2D eigenvalue weighted by molar-refractivity contribution is 6.30. The molecular formula is C24H27ClN2O5. The van der Waals surface area contributed by atoms with Gasteiger partial charge in [0.15, 0.2) is 0 Å². The van der Waals surface area contributed by atoms with Crippen molar-refractivity contribution in [2.24, 2.45) is 5.92 Å². The molecule has 0 saturated carbocycles. The third kappa shape index (κ3) is 6.99. The van der Waals surface area contributed by atoms with Gasteiger partial charge in [0, 0.05) is 30.2 Å². The van der Waals surface area contributed by atoms with Gasteiger partial charge in [-0.25, -0.2) is 4.79 Å². The topological polar surface area (TPSA) is 84.9 Å². The molecule has 170 valence electrons. The summed E-state index contributed by atoms with van der Waals surface area (Å²) in [6, 6.07) is 13.6. The zero-order valence-electron chi connectivity index (χ0n) is 18.0. The van der Waals surface area contributed by atoms with Crippen molar-refractivity contribution in [2.45, 2.75) is 26.2 Å². The smallest absolute Gasteiger partial charge is 0.434 e. The molecule has 3 rings (SSSR count). The Labute approximate surface area is 192 Å². The van der Waals surface area contributed by atoms with Gasteiger partial charge in [-0.2, -0.15) is 0 Å². The largest absolute Gasteiger partial charge is 0.513 e. The second-order valence-electron chi connectivity index (χ2n) is 7.65. The Kier molecular flexibility index (Phi) is 8.50. The van der Waals surface area contributed by atoms with E-state index in [-0.39, 0.29) is 18.4 Å². The minimum atomic E-state index is -0.775. The molecule has 1 aliphatic rings. The Morgan fingerprint density at radius 3 is 2.31 bits per heavy atom. The van der Waals surface area contributed by atoms with Gasteiger partial charge in [0.2, 0.25) is 5.91 Å². The van der Waals surface area contributed by atoms with Crippen molar-refractivity contribution in [2.75, 3.05) is 26.2 Å². The molecule has 0 atom stereocenters. The van der Waals surface area contributed by atoms with E-state index in [4.69, 9.17) is 21.1 Å². The van der Waals surface area contributed by atoms with Crippen LogP contribution >= 0.6 is 11.6 Å². The zero-order valence-corrected chi connectivity index (χ0v) is 18.8. The Morgan fingerprint density at radius 1 is 1.03 bits per heavy atom. The molecule has 0 unspecified atom stereocenters. The van der Waals surface area contributed by atoms with E-state index in [1.54, 1.807) is 43.3 Å². The Bertz CT molecular complexity index is 922. The average Bonchev–Trinajstić information content (AvgIpc) is 2.80. The molecule has 2 aromatic rings. The van der Waals surface area contributed by atoms with Gasteiger partial charge in [-0.3, -0.25) is 9.59 Å². The Morgan fingerprint density at radius 2 is 1.69 bits per heavy atom. The van der Waals surface area contributed by atoms with Crippen molar-refractivity contribution in [3.05, 3.63) is 64.7 Å². The fourth-order valence-corrected chi connectivity index (χ4v) is 3.66. The normalized spacial score (nSPS) is 14.0. The predicted octanol–water partition coefficient (Wildman–Crippen LogP) is 4.09. The van der Waals surface area contributed by atoms with E-state index < -0.39 is 6.16 Å².